The lowest BCUT2D eigenvalue weighted by Gasteiger charge is -2.18. The average molecular weight is 187 g/mol. The molecule has 80 valence electrons. The standard InChI is InChI=1S/C11H25NO/c1-4-6-7-10(5-2)8-11(12)9-13-3/h10-11H,4-9,12H2,1-3H3. The summed E-state index contributed by atoms with van der Waals surface area (Å²) < 4.78 is 5.03. The van der Waals surface area contributed by atoms with Gasteiger partial charge in [-0.25, -0.2) is 0 Å². The zero-order chi connectivity index (χ0) is 10.1. The highest BCUT2D eigenvalue weighted by Gasteiger charge is 2.10. The van der Waals surface area contributed by atoms with Crippen LogP contribution in [0.3, 0.4) is 0 Å². The quantitative estimate of drug-likeness (QED) is 0.634. The second kappa shape index (κ2) is 8.52. The van der Waals surface area contributed by atoms with Gasteiger partial charge in [0.2, 0.25) is 0 Å². The average Bonchev–Trinajstić information content (AvgIpc) is 2.12. The third-order valence-corrected chi connectivity index (χ3v) is 2.56. The molecule has 0 amide bonds. The van der Waals surface area contributed by atoms with E-state index in [2.05, 4.69) is 13.8 Å². The van der Waals surface area contributed by atoms with Crippen molar-refractivity contribution in [2.75, 3.05) is 13.7 Å². The van der Waals surface area contributed by atoms with E-state index in [1.54, 1.807) is 7.11 Å². The summed E-state index contributed by atoms with van der Waals surface area (Å²) in [5.74, 6) is 0.796. The second-order valence-electron chi connectivity index (χ2n) is 3.87. The summed E-state index contributed by atoms with van der Waals surface area (Å²) >= 11 is 0. The molecule has 0 spiro atoms. The topological polar surface area (TPSA) is 35.2 Å². The maximum atomic E-state index is 5.91. The van der Waals surface area contributed by atoms with Crippen LogP contribution in [-0.4, -0.2) is 19.8 Å². The molecular formula is C11H25NO. The highest BCUT2D eigenvalue weighted by atomic mass is 16.5. The van der Waals surface area contributed by atoms with Crippen molar-refractivity contribution >= 4 is 0 Å². The minimum atomic E-state index is 0.229. The van der Waals surface area contributed by atoms with Gasteiger partial charge in [0.15, 0.2) is 0 Å². The van der Waals surface area contributed by atoms with Gasteiger partial charge in [-0.3, -0.25) is 0 Å². The molecule has 2 heteroatoms. The molecule has 0 aliphatic rings. The third-order valence-electron chi connectivity index (χ3n) is 2.56. The van der Waals surface area contributed by atoms with Gasteiger partial charge in [-0.05, 0) is 12.3 Å². The lowest BCUT2D eigenvalue weighted by atomic mass is 9.93. The highest BCUT2D eigenvalue weighted by Crippen LogP contribution is 2.17. The Bertz CT molecular complexity index is 106. The predicted molar refractivity (Wildman–Crippen MR) is 57.8 cm³/mol. The summed E-state index contributed by atoms with van der Waals surface area (Å²) in [5.41, 5.74) is 5.91. The molecule has 0 bridgehead atoms. The van der Waals surface area contributed by atoms with Crippen molar-refractivity contribution in [3.05, 3.63) is 0 Å². The fraction of sp³-hybridized carbons (Fsp3) is 1.00. The van der Waals surface area contributed by atoms with E-state index in [0.717, 1.165) is 12.3 Å². The molecule has 2 atom stereocenters. The van der Waals surface area contributed by atoms with E-state index in [1.807, 2.05) is 0 Å². The van der Waals surface area contributed by atoms with Crippen LogP contribution in [0.5, 0.6) is 0 Å². The van der Waals surface area contributed by atoms with Crippen molar-refractivity contribution < 1.29 is 4.74 Å². The van der Waals surface area contributed by atoms with Crippen LogP contribution in [0.15, 0.2) is 0 Å². The molecule has 0 fully saturated rings. The number of ether oxygens (including phenoxy) is 1. The minimum Gasteiger partial charge on any atom is -0.383 e. The van der Waals surface area contributed by atoms with E-state index in [4.69, 9.17) is 10.5 Å². The molecule has 2 unspecified atom stereocenters. The van der Waals surface area contributed by atoms with Crippen LogP contribution in [0.1, 0.15) is 46.0 Å². The molecule has 0 aromatic rings. The molecule has 0 saturated heterocycles. The molecule has 0 radical (unpaired) electrons. The number of hydrogen-bond donors (Lipinski definition) is 1. The van der Waals surface area contributed by atoms with E-state index in [0.29, 0.717) is 6.61 Å². The van der Waals surface area contributed by atoms with Gasteiger partial charge in [-0.2, -0.15) is 0 Å². The van der Waals surface area contributed by atoms with Crippen LogP contribution in [0, 0.1) is 5.92 Å². The Morgan fingerprint density at radius 2 is 2.00 bits per heavy atom. The molecule has 0 aliphatic carbocycles. The number of hydrogen-bond acceptors (Lipinski definition) is 2. The first-order chi connectivity index (χ1) is 6.24. The van der Waals surface area contributed by atoms with E-state index >= 15 is 0 Å². The summed E-state index contributed by atoms with van der Waals surface area (Å²) in [7, 11) is 1.72. The van der Waals surface area contributed by atoms with Crippen LogP contribution in [0.25, 0.3) is 0 Å². The lowest BCUT2D eigenvalue weighted by Crippen LogP contribution is -2.28. The predicted octanol–water partition coefficient (Wildman–Crippen LogP) is 2.57. The molecule has 2 nitrogen and oxygen atoms in total. The number of unbranched alkanes of at least 4 members (excludes halogenated alkanes) is 1. The van der Waals surface area contributed by atoms with E-state index in [-0.39, 0.29) is 6.04 Å². The van der Waals surface area contributed by atoms with Crippen molar-refractivity contribution in [2.24, 2.45) is 11.7 Å². The lowest BCUT2D eigenvalue weighted by molar-refractivity contribution is 0.167. The fourth-order valence-electron chi connectivity index (χ4n) is 1.69. The Morgan fingerprint density at radius 1 is 1.31 bits per heavy atom. The van der Waals surface area contributed by atoms with Gasteiger partial charge in [0.25, 0.3) is 0 Å². The van der Waals surface area contributed by atoms with Gasteiger partial charge in [0, 0.05) is 13.2 Å². The zero-order valence-electron chi connectivity index (χ0n) is 9.38. The maximum Gasteiger partial charge on any atom is 0.0613 e. The summed E-state index contributed by atoms with van der Waals surface area (Å²) in [6.45, 7) is 5.18. The zero-order valence-corrected chi connectivity index (χ0v) is 9.38. The van der Waals surface area contributed by atoms with Gasteiger partial charge in [-0.15, -0.1) is 0 Å². The van der Waals surface area contributed by atoms with Crippen LogP contribution < -0.4 is 5.73 Å². The molecule has 0 aliphatic heterocycles. The number of rotatable bonds is 8. The number of methoxy groups -OCH3 is 1. The van der Waals surface area contributed by atoms with Gasteiger partial charge < -0.3 is 10.5 Å². The smallest absolute Gasteiger partial charge is 0.0613 e. The summed E-state index contributed by atoms with van der Waals surface area (Å²) in [6.07, 6.45) is 6.31. The van der Waals surface area contributed by atoms with Crippen LogP contribution in [0.2, 0.25) is 0 Å². The normalized spacial score (nSPS) is 15.7. The van der Waals surface area contributed by atoms with E-state index in [9.17, 15) is 0 Å². The van der Waals surface area contributed by atoms with E-state index in [1.165, 1.54) is 25.7 Å². The Hall–Kier alpha value is -0.0800. The first-order valence-electron chi connectivity index (χ1n) is 5.49. The summed E-state index contributed by atoms with van der Waals surface area (Å²) in [4.78, 5) is 0. The second-order valence-corrected chi connectivity index (χ2v) is 3.87. The van der Waals surface area contributed by atoms with E-state index < -0.39 is 0 Å². The van der Waals surface area contributed by atoms with Crippen molar-refractivity contribution in [1.29, 1.82) is 0 Å². The molecule has 0 heterocycles. The van der Waals surface area contributed by atoms with Crippen LogP contribution >= 0.6 is 0 Å². The Labute approximate surface area is 82.8 Å². The fourth-order valence-corrected chi connectivity index (χ4v) is 1.69. The van der Waals surface area contributed by atoms with Crippen molar-refractivity contribution in [3.8, 4) is 0 Å². The van der Waals surface area contributed by atoms with Crippen LogP contribution in [-0.2, 0) is 4.74 Å². The number of nitrogens with two attached hydrogens (primary N) is 1. The SMILES string of the molecule is CCCCC(CC)CC(N)COC. The molecule has 0 aromatic heterocycles. The van der Waals surface area contributed by atoms with Crippen molar-refractivity contribution in [2.45, 2.75) is 52.0 Å². The highest BCUT2D eigenvalue weighted by molar-refractivity contribution is 4.67. The van der Waals surface area contributed by atoms with Gasteiger partial charge in [0.05, 0.1) is 6.61 Å². The Kier molecular flexibility index (Phi) is 8.46. The van der Waals surface area contributed by atoms with Gasteiger partial charge in [-0.1, -0.05) is 39.5 Å². The third kappa shape index (κ3) is 7.03. The molecular weight excluding hydrogens is 162 g/mol. The first-order valence-corrected chi connectivity index (χ1v) is 5.49. The van der Waals surface area contributed by atoms with Crippen LogP contribution in [0.4, 0.5) is 0 Å². The summed E-state index contributed by atoms with van der Waals surface area (Å²) in [5, 5.41) is 0. The first kappa shape index (κ1) is 12.9. The van der Waals surface area contributed by atoms with Gasteiger partial charge in [0.1, 0.15) is 0 Å². The van der Waals surface area contributed by atoms with Crippen molar-refractivity contribution in [1.82, 2.24) is 0 Å². The monoisotopic (exact) mass is 187 g/mol. The molecule has 13 heavy (non-hydrogen) atoms. The molecule has 2 N–H and O–H groups in total. The summed E-state index contributed by atoms with van der Waals surface area (Å²) in [6, 6.07) is 0.229. The van der Waals surface area contributed by atoms with Crippen molar-refractivity contribution in [3.63, 3.8) is 0 Å². The van der Waals surface area contributed by atoms with Gasteiger partial charge >= 0.3 is 0 Å². The molecule has 0 saturated carbocycles. The molecule has 0 aromatic carbocycles. The maximum absolute atomic E-state index is 5.91. The molecule has 0 rings (SSSR count). The largest absolute Gasteiger partial charge is 0.383 e. The Balaban J connectivity index is 3.56. The Morgan fingerprint density at radius 3 is 2.46 bits per heavy atom. The minimum absolute atomic E-state index is 0.229.